The maximum Gasteiger partial charge on any atom is 0.339 e. The van der Waals surface area contributed by atoms with Crippen molar-refractivity contribution in [3.05, 3.63) is 23.5 Å². The first-order valence-corrected chi connectivity index (χ1v) is 6.56. The molecule has 0 radical (unpaired) electrons. The number of aryl methyl sites for hydroxylation is 1. The minimum Gasteiger partial charge on any atom is -0.478 e. The van der Waals surface area contributed by atoms with Crippen LogP contribution in [-0.4, -0.2) is 42.9 Å². The molecule has 1 N–H and O–H groups in total. The van der Waals surface area contributed by atoms with E-state index in [1.165, 1.54) is 6.20 Å². The number of rotatable bonds is 4. The fraction of sp³-hybridized carbons (Fsp3) is 0.571. The molecule has 0 aliphatic carbocycles. The van der Waals surface area contributed by atoms with Crippen molar-refractivity contribution in [1.29, 1.82) is 0 Å². The van der Waals surface area contributed by atoms with E-state index in [1.807, 2.05) is 24.9 Å². The molecule has 1 saturated heterocycles. The van der Waals surface area contributed by atoms with Gasteiger partial charge < -0.3 is 14.7 Å². The second-order valence-corrected chi connectivity index (χ2v) is 5.11. The Morgan fingerprint density at radius 1 is 1.63 bits per heavy atom. The number of carboxylic acids is 1. The van der Waals surface area contributed by atoms with E-state index in [1.54, 1.807) is 0 Å². The Hall–Kier alpha value is -1.62. The number of pyridine rings is 1. The maximum atomic E-state index is 11.2. The summed E-state index contributed by atoms with van der Waals surface area (Å²) in [4.78, 5) is 17.3. The maximum absolute atomic E-state index is 11.2. The molecule has 0 bridgehead atoms. The van der Waals surface area contributed by atoms with Crippen LogP contribution in [0.1, 0.15) is 28.9 Å². The molecule has 19 heavy (non-hydrogen) atoms. The number of hydrogen-bond acceptors (Lipinski definition) is 4. The molecule has 2 heterocycles. The van der Waals surface area contributed by atoms with Gasteiger partial charge in [0.1, 0.15) is 5.56 Å². The van der Waals surface area contributed by atoms with Gasteiger partial charge in [0.15, 0.2) is 0 Å². The van der Waals surface area contributed by atoms with Crippen molar-refractivity contribution in [3.8, 4) is 0 Å². The second kappa shape index (κ2) is 6.02. The average Bonchev–Trinajstić information content (AvgIpc) is 2.39. The topological polar surface area (TPSA) is 62.7 Å². The van der Waals surface area contributed by atoms with Crippen LogP contribution in [0.5, 0.6) is 0 Å². The summed E-state index contributed by atoms with van der Waals surface area (Å²) in [5, 5.41) is 9.22. The number of carbonyl (C=O) groups is 1. The molecule has 0 amide bonds. The first-order valence-electron chi connectivity index (χ1n) is 6.56. The number of hydrogen-bond donors (Lipinski definition) is 1. The third-order valence-electron chi connectivity index (χ3n) is 3.45. The summed E-state index contributed by atoms with van der Waals surface area (Å²) in [7, 11) is 1.93. The predicted molar refractivity (Wildman–Crippen MR) is 72.7 cm³/mol. The van der Waals surface area contributed by atoms with E-state index in [0.29, 0.717) is 5.92 Å². The van der Waals surface area contributed by atoms with Crippen LogP contribution in [0.3, 0.4) is 0 Å². The lowest BCUT2D eigenvalue weighted by atomic mass is 10.0. The van der Waals surface area contributed by atoms with Gasteiger partial charge in [-0.2, -0.15) is 0 Å². The number of aromatic carboxylic acids is 1. The van der Waals surface area contributed by atoms with Gasteiger partial charge in [-0.1, -0.05) is 0 Å². The molecule has 5 nitrogen and oxygen atoms in total. The molecule has 1 aromatic heterocycles. The highest BCUT2D eigenvalue weighted by molar-refractivity contribution is 5.94. The third kappa shape index (κ3) is 3.44. The Morgan fingerprint density at radius 2 is 2.42 bits per heavy atom. The molecule has 2 rings (SSSR count). The van der Waals surface area contributed by atoms with Crippen LogP contribution < -0.4 is 4.90 Å². The zero-order valence-corrected chi connectivity index (χ0v) is 11.4. The Labute approximate surface area is 113 Å². The van der Waals surface area contributed by atoms with Gasteiger partial charge in [-0.25, -0.2) is 4.79 Å². The SMILES string of the molecule is Cc1cc(N(C)CC2CCCOC2)c(C(=O)O)cn1. The summed E-state index contributed by atoms with van der Waals surface area (Å²) in [6.45, 7) is 4.28. The lowest BCUT2D eigenvalue weighted by Crippen LogP contribution is -2.31. The highest BCUT2D eigenvalue weighted by Gasteiger charge is 2.19. The highest BCUT2D eigenvalue weighted by atomic mass is 16.5. The van der Waals surface area contributed by atoms with Crippen LogP contribution >= 0.6 is 0 Å². The Morgan fingerprint density at radius 3 is 3.05 bits per heavy atom. The lowest BCUT2D eigenvalue weighted by Gasteiger charge is -2.29. The lowest BCUT2D eigenvalue weighted by molar-refractivity contribution is 0.0576. The zero-order valence-electron chi connectivity index (χ0n) is 11.4. The van der Waals surface area contributed by atoms with E-state index in [9.17, 15) is 9.90 Å². The van der Waals surface area contributed by atoms with E-state index in [0.717, 1.165) is 44.0 Å². The van der Waals surface area contributed by atoms with E-state index in [-0.39, 0.29) is 5.56 Å². The molecule has 1 atom stereocenters. The monoisotopic (exact) mass is 264 g/mol. The van der Waals surface area contributed by atoms with Gasteiger partial charge in [-0.05, 0) is 31.7 Å². The van der Waals surface area contributed by atoms with E-state index in [2.05, 4.69) is 4.98 Å². The molecular formula is C14H20N2O3. The summed E-state index contributed by atoms with van der Waals surface area (Å²) < 4.78 is 5.46. The molecule has 104 valence electrons. The average molecular weight is 264 g/mol. The van der Waals surface area contributed by atoms with Gasteiger partial charge >= 0.3 is 5.97 Å². The number of anilines is 1. The summed E-state index contributed by atoms with van der Waals surface area (Å²) in [5.41, 5.74) is 1.81. The van der Waals surface area contributed by atoms with Crippen LogP contribution in [0.15, 0.2) is 12.3 Å². The Balaban J connectivity index is 2.14. The quantitative estimate of drug-likeness (QED) is 0.900. The van der Waals surface area contributed by atoms with Crippen molar-refractivity contribution in [2.24, 2.45) is 5.92 Å². The van der Waals surface area contributed by atoms with E-state index >= 15 is 0 Å². The molecule has 0 aromatic carbocycles. The molecule has 1 aliphatic rings. The van der Waals surface area contributed by atoms with E-state index < -0.39 is 5.97 Å². The smallest absolute Gasteiger partial charge is 0.339 e. The predicted octanol–water partition coefficient (Wildman–Crippen LogP) is 1.95. The summed E-state index contributed by atoms with van der Waals surface area (Å²) >= 11 is 0. The first-order chi connectivity index (χ1) is 9.08. The minimum atomic E-state index is -0.936. The first kappa shape index (κ1) is 13.8. The molecule has 0 saturated carbocycles. The van der Waals surface area contributed by atoms with Crippen molar-refractivity contribution in [2.45, 2.75) is 19.8 Å². The molecule has 1 unspecified atom stereocenters. The van der Waals surface area contributed by atoms with Gasteiger partial charge in [0.05, 0.1) is 12.3 Å². The van der Waals surface area contributed by atoms with Gasteiger partial charge in [-0.3, -0.25) is 4.98 Å². The van der Waals surface area contributed by atoms with Crippen LogP contribution in [0.2, 0.25) is 0 Å². The van der Waals surface area contributed by atoms with Gasteiger partial charge in [-0.15, -0.1) is 0 Å². The molecule has 1 aromatic rings. The fourth-order valence-corrected chi connectivity index (χ4v) is 2.46. The normalized spacial score (nSPS) is 19.2. The number of nitrogens with zero attached hydrogens (tertiary/aromatic N) is 2. The van der Waals surface area contributed by atoms with Crippen molar-refractivity contribution in [1.82, 2.24) is 4.98 Å². The van der Waals surface area contributed by atoms with Crippen molar-refractivity contribution in [2.75, 3.05) is 31.7 Å². The van der Waals surface area contributed by atoms with Crippen LogP contribution in [0.25, 0.3) is 0 Å². The van der Waals surface area contributed by atoms with E-state index in [4.69, 9.17) is 4.74 Å². The largest absolute Gasteiger partial charge is 0.478 e. The van der Waals surface area contributed by atoms with Gasteiger partial charge in [0.25, 0.3) is 0 Å². The second-order valence-electron chi connectivity index (χ2n) is 5.11. The van der Waals surface area contributed by atoms with Crippen molar-refractivity contribution < 1.29 is 14.6 Å². The standard InChI is InChI=1S/C14H20N2O3/c1-10-6-13(12(7-15-10)14(17)18)16(2)8-11-4-3-5-19-9-11/h6-7,11H,3-5,8-9H2,1-2H3,(H,17,18). The summed E-state index contributed by atoms with van der Waals surface area (Å²) in [6.07, 6.45) is 3.65. The number of ether oxygens (including phenoxy) is 1. The zero-order chi connectivity index (χ0) is 13.8. The molecule has 1 fully saturated rings. The molecule has 1 aliphatic heterocycles. The van der Waals surface area contributed by atoms with Gasteiger partial charge in [0, 0.05) is 32.1 Å². The van der Waals surface area contributed by atoms with Crippen molar-refractivity contribution in [3.63, 3.8) is 0 Å². The molecule has 0 spiro atoms. The Kier molecular flexibility index (Phi) is 4.37. The van der Waals surface area contributed by atoms with Gasteiger partial charge in [0.2, 0.25) is 0 Å². The van der Waals surface area contributed by atoms with Crippen LogP contribution in [0, 0.1) is 12.8 Å². The van der Waals surface area contributed by atoms with Crippen LogP contribution in [-0.2, 0) is 4.74 Å². The fourth-order valence-electron chi connectivity index (χ4n) is 2.46. The number of aromatic nitrogens is 1. The highest BCUT2D eigenvalue weighted by Crippen LogP contribution is 2.23. The molecular weight excluding hydrogens is 244 g/mol. The molecule has 5 heteroatoms. The Bertz CT molecular complexity index is 456. The van der Waals surface area contributed by atoms with Crippen LogP contribution in [0.4, 0.5) is 5.69 Å². The third-order valence-corrected chi connectivity index (χ3v) is 3.45. The van der Waals surface area contributed by atoms with Crippen molar-refractivity contribution >= 4 is 11.7 Å². The summed E-state index contributed by atoms with van der Waals surface area (Å²) in [6, 6.07) is 1.83. The number of carboxylic acid groups (broad SMARTS) is 1. The minimum absolute atomic E-state index is 0.254. The summed E-state index contributed by atoms with van der Waals surface area (Å²) in [5.74, 6) is -0.469.